The zero-order valence-corrected chi connectivity index (χ0v) is 19.4. The number of anilines is 1. The maximum Gasteiger partial charge on any atom is 0.325 e. The van der Waals surface area contributed by atoms with E-state index in [2.05, 4.69) is 32.3 Å². The lowest BCUT2D eigenvalue weighted by atomic mass is 9.88. The first kappa shape index (κ1) is 25.7. The van der Waals surface area contributed by atoms with Gasteiger partial charge in [-0.2, -0.15) is 0 Å². The fourth-order valence-corrected chi connectivity index (χ4v) is 3.30. The SMILES string of the molecule is C=C(NC(=O)c1csc(-c2ccc(NC(=O)C(C)(C)CCO)cc2)n1)C(=O)NCC(=O)OC. The van der Waals surface area contributed by atoms with Crippen molar-refractivity contribution in [2.24, 2.45) is 5.41 Å². The van der Waals surface area contributed by atoms with Gasteiger partial charge >= 0.3 is 5.97 Å². The summed E-state index contributed by atoms with van der Waals surface area (Å²) >= 11 is 1.24. The third-order valence-corrected chi connectivity index (χ3v) is 5.53. The van der Waals surface area contributed by atoms with Crippen molar-refractivity contribution in [1.82, 2.24) is 15.6 Å². The first-order valence-electron chi connectivity index (χ1n) is 9.91. The van der Waals surface area contributed by atoms with Gasteiger partial charge in [0.2, 0.25) is 5.91 Å². The van der Waals surface area contributed by atoms with Gasteiger partial charge in [0.05, 0.1) is 12.8 Å². The highest BCUT2D eigenvalue weighted by molar-refractivity contribution is 7.13. The number of aliphatic hydroxyl groups is 1. The molecule has 0 aliphatic heterocycles. The van der Waals surface area contributed by atoms with Crippen LogP contribution < -0.4 is 16.0 Å². The largest absolute Gasteiger partial charge is 0.468 e. The first-order chi connectivity index (χ1) is 15.6. The number of ether oxygens (including phenoxy) is 1. The molecule has 1 aromatic heterocycles. The zero-order valence-electron chi connectivity index (χ0n) is 18.6. The van der Waals surface area contributed by atoms with Gasteiger partial charge in [-0.1, -0.05) is 20.4 Å². The van der Waals surface area contributed by atoms with Crippen molar-refractivity contribution in [2.75, 3.05) is 25.6 Å². The third-order valence-electron chi connectivity index (χ3n) is 4.64. The molecule has 0 spiro atoms. The van der Waals surface area contributed by atoms with Crippen LogP contribution in [0.25, 0.3) is 10.6 Å². The molecule has 176 valence electrons. The molecule has 1 aromatic carbocycles. The van der Waals surface area contributed by atoms with Gasteiger partial charge in [0.1, 0.15) is 17.2 Å². The van der Waals surface area contributed by atoms with E-state index in [4.69, 9.17) is 5.11 Å². The van der Waals surface area contributed by atoms with Crippen LogP contribution in [0, 0.1) is 5.41 Å². The van der Waals surface area contributed by atoms with Gasteiger partial charge in [-0.25, -0.2) is 4.98 Å². The van der Waals surface area contributed by atoms with E-state index < -0.39 is 23.2 Å². The molecule has 0 aliphatic rings. The van der Waals surface area contributed by atoms with Gasteiger partial charge in [-0.05, 0) is 30.7 Å². The summed E-state index contributed by atoms with van der Waals surface area (Å²) in [6, 6.07) is 6.95. The van der Waals surface area contributed by atoms with Crippen molar-refractivity contribution in [2.45, 2.75) is 20.3 Å². The van der Waals surface area contributed by atoms with E-state index in [9.17, 15) is 19.2 Å². The number of methoxy groups -OCH3 is 1. The number of nitrogens with one attached hydrogen (secondary N) is 3. The maximum absolute atomic E-state index is 12.4. The Balaban J connectivity index is 1.98. The van der Waals surface area contributed by atoms with Gasteiger partial charge in [0, 0.05) is 28.7 Å². The molecule has 0 saturated heterocycles. The Morgan fingerprint density at radius 2 is 1.85 bits per heavy atom. The minimum absolute atomic E-state index is 0.0785. The highest BCUT2D eigenvalue weighted by Gasteiger charge is 2.27. The molecule has 1 heterocycles. The van der Waals surface area contributed by atoms with Crippen LogP contribution in [0.5, 0.6) is 0 Å². The van der Waals surface area contributed by atoms with Crippen molar-refractivity contribution >= 4 is 40.7 Å². The van der Waals surface area contributed by atoms with E-state index in [0.29, 0.717) is 17.1 Å². The summed E-state index contributed by atoms with van der Waals surface area (Å²) in [7, 11) is 1.19. The molecule has 0 radical (unpaired) electrons. The molecule has 0 saturated carbocycles. The Morgan fingerprint density at radius 3 is 2.45 bits per heavy atom. The summed E-state index contributed by atoms with van der Waals surface area (Å²) in [5.74, 6) is -2.17. The summed E-state index contributed by atoms with van der Waals surface area (Å²) in [5, 5.41) is 18.6. The number of hydrogen-bond donors (Lipinski definition) is 4. The number of carbonyl (C=O) groups excluding carboxylic acids is 4. The van der Waals surface area contributed by atoms with Gasteiger partial charge in [0.25, 0.3) is 11.8 Å². The normalized spacial score (nSPS) is 10.8. The lowest BCUT2D eigenvalue weighted by Gasteiger charge is -2.22. The van der Waals surface area contributed by atoms with Gasteiger partial charge in [-0.3, -0.25) is 19.2 Å². The van der Waals surface area contributed by atoms with Crippen LogP contribution in [0.15, 0.2) is 41.9 Å². The fourth-order valence-electron chi connectivity index (χ4n) is 2.49. The predicted octanol–water partition coefficient (Wildman–Crippen LogP) is 1.69. The van der Waals surface area contributed by atoms with E-state index in [0.717, 1.165) is 5.56 Å². The molecular formula is C22H26N4O6S. The van der Waals surface area contributed by atoms with Gasteiger partial charge < -0.3 is 25.8 Å². The van der Waals surface area contributed by atoms with Crippen LogP contribution in [0.2, 0.25) is 0 Å². The molecule has 3 amide bonds. The number of aromatic nitrogens is 1. The molecule has 0 aliphatic carbocycles. The van der Waals surface area contributed by atoms with Crippen molar-refractivity contribution in [3.05, 3.63) is 47.6 Å². The average Bonchev–Trinajstić information content (AvgIpc) is 3.28. The first-order valence-corrected chi connectivity index (χ1v) is 10.8. The van der Waals surface area contributed by atoms with Crippen LogP contribution in [-0.4, -0.2) is 54.0 Å². The minimum Gasteiger partial charge on any atom is -0.468 e. The van der Waals surface area contributed by atoms with Crippen molar-refractivity contribution in [3.8, 4) is 10.6 Å². The van der Waals surface area contributed by atoms with E-state index in [1.54, 1.807) is 38.1 Å². The molecule has 4 N–H and O–H groups in total. The Hall–Kier alpha value is -3.57. The average molecular weight is 475 g/mol. The van der Waals surface area contributed by atoms with Crippen molar-refractivity contribution < 1.29 is 29.0 Å². The summed E-state index contributed by atoms with van der Waals surface area (Å²) < 4.78 is 4.42. The second kappa shape index (κ2) is 11.3. The number of nitrogens with zero attached hydrogens (tertiary/aromatic N) is 1. The number of benzene rings is 1. The number of thiazole rings is 1. The number of aliphatic hydroxyl groups excluding tert-OH is 1. The number of amides is 3. The topological polar surface area (TPSA) is 147 Å². The number of esters is 1. The maximum atomic E-state index is 12.4. The second-order valence-electron chi connectivity index (χ2n) is 7.62. The number of rotatable bonds is 10. The molecule has 0 fully saturated rings. The van der Waals surface area contributed by atoms with Gasteiger partial charge in [0.15, 0.2) is 0 Å². The third kappa shape index (κ3) is 7.22. The summed E-state index contributed by atoms with van der Waals surface area (Å²) in [6.07, 6.45) is 0.347. The lowest BCUT2D eigenvalue weighted by Crippen LogP contribution is -2.37. The van der Waals surface area contributed by atoms with E-state index in [-0.39, 0.29) is 30.4 Å². The van der Waals surface area contributed by atoms with E-state index >= 15 is 0 Å². The molecule has 0 atom stereocenters. The predicted molar refractivity (Wildman–Crippen MR) is 123 cm³/mol. The van der Waals surface area contributed by atoms with Gasteiger partial charge in [-0.15, -0.1) is 11.3 Å². The van der Waals surface area contributed by atoms with Crippen LogP contribution in [0.4, 0.5) is 5.69 Å². The Morgan fingerprint density at radius 1 is 1.18 bits per heavy atom. The van der Waals surface area contributed by atoms with Crippen LogP contribution in [0.3, 0.4) is 0 Å². The molecule has 10 nitrogen and oxygen atoms in total. The lowest BCUT2D eigenvalue weighted by molar-refractivity contribution is -0.140. The minimum atomic E-state index is -0.719. The van der Waals surface area contributed by atoms with Crippen LogP contribution in [-0.2, 0) is 19.1 Å². The van der Waals surface area contributed by atoms with Crippen molar-refractivity contribution in [3.63, 3.8) is 0 Å². The molecule has 0 unspecified atom stereocenters. The molecule has 33 heavy (non-hydrogen) atoms. The summed E-state index contributed by atoms with van der Waals surface area (Å²) in [4.78, 5) is 51.9. The monoisotopic (exact) mass is 474 g/mol. The van der Waals surface area contributed by atoms with Crippen LogP contribution >= 0.6 is 11.3 Å². The molecule has 2 aromatic rings. The Labute approximate surface area is 195 Å². The fraction of sp³-hybridized carbons (Fsp3) is 0.318. The molecule has 11 heteroatoms. The highest BCUT2D eigenvalue weighted by Crippen LogP contribution is 2.27. The Bertz CT molecular complexity index is 1050. The van der Waals surface area contributed by atoms with E-state index in [1.807, 2.05) is 0 Å². The Kier molecular flexibility index (Phi) is 8.83. The van der Waals surface area contributed by atoms with Crippen molar-refractivity contribution in [1.29, 1.82) is 0 Å². The highest BCUT2D eigenvalue weighted by atomic mass is 32.1. The number of hydrogen-bond acceptors (Lipinski definition) is 8. The molecule has 0 bridgehead atoms. The zero-order chi connectivity index (χ0) is 24.6. The smallest absolute Gasteiger partial charge is 0.325 e. The van der Waals surface area contributed by atoms with E-state index in [1.165, 1.54) is 23.8 Å². The molecule has 2 rings (SSSR count). The quantitative estimate of drug-likeness (QED) is 0.303. The number of carbonyl (C=O) groups is 4. The molecular weight excluding hydrogens is 448 g/mol. The second-order valence-corrected chi connectivity index (χ2v) is 8.48. The standard InChI is InChI=1S/C22H26N4O6S/c1-13(18(29)23-11-17(28)32-4)24-19(30)16-12-33-20(26-16)14-5-7-15(8-6-14)25-21(31)22(2,3)9-10-27/h5-8,12,27H,1,9-11H2,2-4H3,(H,23,29)(H,24,30)(H,25,31). The summed E-state index contributed by atoms with van der Waals surface area (Å²) in [6.45, 7) is 6.57. The van der Waals surface area contributed by atoms with Crippen LogP contribution in [0.1, 0.15) is 30.8 Å². The summed E-state index contributed by atoms with van der Waals surface area (Å²) in [5.41, 5.74) is 0.494.